The van der Waals surface area contributed by atoms with Crippen LogP contribution in [0.5, 0.6) is 0 Å². The molecule has 0 radical (unpaired) electrons. The van der Waals surface area contributed by atoms with Gasteiger partial charge in [0, 0.05) is 24.6 Å². The van der Waals surface area contributed by atoms with Gasteiger partial charge in [-0.15, -0.1) is 0 Å². The molecule has 0 fully saturated rings. The molecule has 2 N–H and O–H groups in total. The molecular formula is C25H20N4O2S. The van der Waals surface area contributed by atoms with Crippen molar-refractivity contribution in [3.8, 4) is 17.2 Å². The Morgan fingerprint density at radius 2 is 1.88 bits per heavy atom. The number of rotatable bonds is 2. The van der Waals surface area contributed by atoms with Gasteiger partial charge < -0.3 is 10.3 Å². The number of nitrogens with zero attached hydrogens (tertiary/aromatic N) is 3. The van der Waals surface area contributed by atoms with Gasteiger partial charge in [0.2, 0.25) is 0 Å². The van der Waals surface area contributed by atoms with Crippen LogP contribution in [0.3, 0.4) is 0 Å². The molecule has 0 aromatic heterocycles. The van der Waals surface area contributed by atoms with E-state index in [-0.39, 0.29) is 23.5 Å². The molecule has 158 valence electrons. The Bertz CT molecular complexity index is 1300. The van der Waals surface area contributed by atoms with E-state index in [2.05, 4.69) is 11.1 Å². The third-order valence-electron chi connectivity index (χ3n) is 6.18. The molecule has 3 aromatic carbocycles. The number of nitriles is 1. The molecule has 5 rings (SSSR count). The van der Waals surface area contributed by atoms with E-state index in [1.54, 1.807) is 19.2 Å². The molecule has 7 heteroatoms. The van der Waals surface area contributed by atoms with Crippen molar-refractivity contribution in [2.75, 3.05) is 7.05 Å². The Kier molecular flexibility index (Phi) is 4.77. The lowest BCUT2D eigenvalue weighted by Crippen LogP contribution is -2.44. The van der Waals surface area contributed by atoms with Crippen LogP contribution in [0, 0.1) is 11.3 Å². The van der Waals surface area contributed by atoms with Crippen LogP contribution in [0.15, 0.2) is 82.7 Å². The van der Waals surface area contributed by atoms with Gasteiger partial charge in [0.15, 0.2) is 16.4 Å². The number of benzene rings is 3. The maximum atomic E-state index is 13.6. The Labute approximate surface area is 189 Å². The fourth-order valence-corrected chi connectivity index (χ4v) is 6.25. The van der Waals surface area contributed by atoms with Crippen molar-refractivity contribution in [3.05, 3.63) is 89.5 Å². The Balaban J connectivity index is 1.72. The number of nitrogens with two attached hydrogens (primary N) is 1. The molecule has 3 unspecified atom stereocenters. The third kappa shape index (κ3) is 3.00. The zero-order chi connectivity index (χ0) is 22.5. The molecule has 0 saturated carbocycles. The molecule has 2 aliphatic heterocycles. The summed E-state index contributed by atoms with van der Waals surface area (Å²) in [7, 11) is 1.61. The molecular weight excluding hydrogens is 420 g/mol. The maximum Gasteiger partial charge on any atom is 0.262 e. The molecule has 0 bridgehead atoms. The molecule has 1 amide bonds. The molecule has 32 heavy (non-hydrogen) atoms. The predicted octanol–water partition coefficient (Wildman–Crippen LogP) is 3.46. The number of guanidine groups is 1. The first-order chi connectivity index (χ1) is 15.4. The summed E-state index contributed by atoms with van der Waals surface area (Å²) in [5, 5.41) is 8.88. The van der Waals surface area contributed by atoms with Crippen LogP contribution in [0.25, 0.3) is 11.1 Å². The summed E-state index contributed by atoms with van der Waals surface area (Å²) in [5.74, 6) is -0.0749. The summed E-state index contributed by atoms with van der Waals surface area (Å²) >= 11 is -1.37. The van der Waals surface area contributed by atoms with E-state index in [0.717, 1.165) is 16.7 Å². The number of hydrogen-bond acceptors (Lipinski definition) is 5. The van der Waals surface area contributed by atoms with Gasteiger partial charge in [0.05, 0.1) is 11.6 Å². The van der Waals surface area contributed by atoms with Crippen molar-refractivity contribution in [2.24, 2.45) is 10.7 Å². The number of hydrogen-bond donors (Lipinski definition) is 1. The molecule has 2 aliphatic rings. The second-order valence-electron chi connectivity index (χ2n) is 8.00. The van der Waals surface area contributed by atoms with Crippen molar-refractivity contribution < 1.29 is 9.35 Å². The molecule has 0 aliphatic carbocycles. The topological polar surface area (TPSA) is 106 Å². The fraction of sp³-hybridized carbons (Fsp3) is 0.160. The van der Waals surface area contributed by atoms with Crippen LogP contribution in [0.1, 0.15) is 28.4 Å². The normalized spacial score (nSPS) is 24.2. The number of likely N-dealkylation sites (N-methyl/N-ethyl adjacent to an activating group) is 1. The number of amides is 1. The quantitative estimate of drug-likeness (QED) is 0.616. The van der Waals surface area contributed by atoms with Gasteiger partial charge in [-0.25, -0.2) is 4.99 Å². The van der Waals surface area contributed by atoms with Gasteiger partial charge >= 0.3 is 0 Å². The number of fused-ring (bicyclic) bond motifs is 2. The number of aliphatic imine (C=N–C) groups is 1. The van der Waals surface area contributed by atoms with Crippen LogP contribution >= 0.6 is 0 Å². The summed E-state index contributed by atoms with van der Waals surface area (Å²) in [4.78, 5) is 20.1. The molecule has 6 nitrogen and oxygen atoms in total. The summed E-state index contributed by atoms with van der Waals surface area (Å²) in [6, 6.07) is 24.5. The average Bonchev–Trinajstić information content (AvgIpc) is 3.05. The summed E-state index contributed by atoms with van der Waals surface area (Å²) in [6.45, 7) is 0. The van der Waals surface area contributed by atoms with Crippen molar-refractivity contribution in [1.29, 1.82) is 5.26 Å². The Morgan fingerprint density at radius 1 is 1.12 bits per heavy atom. The minimum atomic E-state index is -1.37. The highest BCUT2D eigenvalue weighted by atomic mass is 32.2. The number of carbonyl (C=O) groups excluding carboxylic acids is 1. The van der Waals surface area contributed by atoms with E-state index >= 15 is 0 Å². The van der Waals surface area contributed by atoms with Gasteiger partial charge in [-0.3, -0.25) is 9.69 Å². The van der Waals surface area contributed by atoms with Crippen LogP contribution in [0.4, 0.5) is 0 Å². The standard InChI is InChI=1S/C25H20N4O2S/c1-29-23(30)25(28-24(29)27)14-22(17-7-3-2-4-8-17)32(31)21-11-10-19(13-20(21)25)18-9-5-6-16(12-18)15-26/h2-13,22H,14H2,1H3,(H2,27,28). The maximum absolute atomic E-state index is 13.6. The first-order valence-corrected chi connectivity index (χ1v) is 11.4. The molecule has 0 saturated heterocycles. The fourth-order valence-electron chi connectivity index (χ4n) is 4.50. The lowest BCUT2D eigenvalue weighted by Gasteiger charge is -2.37. The van der Waals surface area contributed by atoms with Crippen LogP contribution in [-0.2, 0) is 21.5 Å². The number of carbonyl (C=O) groups is 1. The van der Waals surface area contributed by atoms with E-state index in [1.807, 2.05) is 60.7 Å². The molecule has 1 spiro atoms. The summed E-state index contributed by atoms with van der Waals surface area (Å²) in [5.41, 5.74) is 8.57. The zero-order valence-corrected chi connectivity index (χ0v) is 18.2. The predicted molar refractivity (Wildman–Crippen MR) is 123 cm³/mol. The molecule has 3 atom stereocenters. The minimum absolute atomic E-state index is 0.150. The Morgan fingerprint density at radius 3 is 2.56 bits per heavy atom. The van der Waals surface area contributed by atoms with Crippen molar-refractivity contribution >= 4 is 23.0 Å². The van der Waals surface area contributed by atoms with Gasteiger partial charge in [-0.2, -0.15) is 5.26 Å². The summed E-state index contributed by atoms with van der Waals surface area (Å²) in [6.07, 6.45) is 0.266. The second kappa shape index (κ2) is 7.52. The lowest BCUT2D eigenvalue weighted by atomic mass is 9.82. The molecule has 2 heterocycles. The second-order valence-corrected chi connectivity index (χ2v) is 9.60. The average molecular weight is 441 g/mol. The highest BCUT2D eigenvalue weighted by Crippen LogP contribution is 2.52. The minimum Gasteiger partial charge on any atom is -0.611 e. The van der Waals surface area contributed by atoms with Crippen molar-refractivity contribution in [2.45, 2.75) is 22.1 Å². The van der Waals surface area contributed by atoms with E-state index in [0.29, 0.717) is 16.0 Å². The largest absolute Gasteiger partial charge is 0.611 e. The molecule has 3 aromatic rings. The first kappa shape index (κ1) is 20.3. The van der Waals surface area contributed by atoms with Gasteiger partial charge in [0.25, 0.3) is 5.91 Å². The Hall–Kier alpha value is -3.60. The van der Waals surface area contributed by atoms with Crippen molar-refractivity contribution in [3.63, 3.8) is 0 Å². The monoisotopic (exact) mass is 440 g/mol. The summed E-state index contributed by atoms with van der Waals surface area (Å²) < 4.78 is 13.6. The van der Waals surface area contributed by atoms with E-state index in [9.17, 15) is 14.6 Å². The van der Waals surface area contributed by atoms with Crippen LogP contribution < -0.4 is 5.73 Å². The van der Waals surface area contributed by atoms with Gasteiger partial charge in [-0.1, -0.05) is 42.5 Å². The van der Waals surface area contributed by atoms with E-state index < -0.39 is 16.7 Å². The highest BCUT2D eigenvalue weighted by Gasteiger charge is 2.57. The first-order valence-electron chi connectivity index (χ1n) is 10.2. The van der Waals surface area contributed by atoms with Crippen LogP contribution in [0.2, 0.25) is 0 Å². The van der Waals surface area contributed by atoms with Crippen LogP contribution in [-0.4, -0.2) is 28.4 Å². The highest BCUT2D eigenvalue weighted by molar-refractivity contribution is 7.91. The van der Waals surface area contributed by atoms with Gasteiger partial charge in [0.1, 0.15) is 5.25 Å². The van der Waals surface area contributed by atoms with Gasteiger partial charge in [-0.05, 0) is 52.6 Å². The van der Waals surface area contributed by atoms with E-state index in [4.69, 9.17) is 5.73 Å². The third-order valence-corrected chi connectivity index (χ3v) is 7.93. The lowest BCUT2D eigenvalue weighted by molar-refractivity contribution is -0.131. The zero-order valence-electron chi connectivity index (χ0n) is 17.4. The van der Waals surface area contributed by atoms with E-state index in [1.165, 1.54) is 4.90 Å². The smallest absolute Gasteiger partial charge is 0.262 e. The van der Waals surface area contributed by atoms with Crippen molar-refractivity contribution in [1.82, 2.24) is 4.90 Å². The SMILES string of the molecule is CN1C(=O)C2(CC(c3ccccc3)[S+]([O-])c3ccc(-c4cccc(C#N)c4)cc32)N=C1N.